The maximum Gasteiger partial charge on any atom is 0.259 e. The van der Waals surface area contributed by atoms with Gasteiger partial charge in [-0.1, -0.05) is 30.3 Å². The van der Waals surface area contributed by atoms with Crippen molar-refractivity contribution in [3.63, 3.8) is 0 Å². The van der Waals surface area contributed by atoms with Crippen molar-refractivity contribution >= 4 is 11.6 Å². The second kappa shape index (κ2) is 7.93. The van der Waals surface area contributed by atoms with Gasteiger partial charge in [0.25, 0.3) is 11.9 Å². The van der Waals surface area contributed by atoms with Crippen LogP contribution in [0, 0.1) is 13.8 Å². The first kappa shape index (κ1) is 18.4. The zero-order valence-electron chi connectivity index (χ0n) is 16.0. The molecule has 2 aromatic carbocycles. The number of nitrogens with one attached hydrogen (secondary N) is 1. The highest BCUT2D eigenvalue weighted by molar-refractivity contribution is 6.06. The molecule has 2 aromatic heterocycles. The Hall–Kier alpha value is -4.00. The number of aryl methyl sites for hydroxylation is 2. The van der Waals surface area contributed by atoms with Crippen molar-refractivity contribution in [3.05, 3.63) is 90.0 Å². The summed E-state index contributed by atoms with van der Waals surface area (Å²) >= 11 is 0. The minimum Gasteiger partial charge on any atom is -0.457 e. The van der Waals surface area contributed by atoms with E-state index in [1.54, 1.807) is 35.3 Å². The molecule has 7 heteroatoms. The summed E-state index contributed by atoms with van der Waals surface area (Å²) in [6.45, 7) is 3.84. The molecule has 0 saturated heterocycles. The molecular weight excluding hydrogens is 366 g/mol. The fraction of sp³-hybridized carbons (Fsp3) is 0.0909. The zero-order valence-corrected chi connectivity index (χ0v) is 16.0. The molecule has 29 heavy (non-hydrogen) atoms. The second-order valence-corrected chi connectivity index (χ2v) is 6.48. The maximum absolute atomic E-state index is 12.8. The minimum atomic E-state index is -0.306. The van der Waals surface area contributed by atoms with Crippen LogP contribution < -0.4 is 10.1 Å². The summed E-state index contributed by atoms with van der Waals surface area (Å²) in [4.78, 5) is 21.4. The van der Waals surface area contributed by atoms with Crippen molar-refractivity contribution in [2.75, 3.05) is 5.32 Å². The molecule has 0 atom stereocenters. The van der Waals surface area contributed by atoms with Crippen LogP contribution in [0.4, 0.5) is 5.69 Å². The van der Waals surface area contributed by atoms with E-state index in [4.69, 9.17) is 4.74 Å². The van der Waals surface area contributed by atoms with Gasteiger partial charge in [0, 0.05) is 5.69 Å². The molecular formula is C22H19N5O2. The van der Waals surface area contributed by atoms with Crippen LogP contribution in [0.15, 0.2) is 73.1 Å². The van der Waals surface area contributed by atoms with Gasteiger partial charge in [-0.05, 0) is 44.2 Å². The highest BCUT2D eigenvalue weighted by Gasteiger charge is 2.14. The van der Waals surface area contributed by atoms with Gasteiger partial charge in [0.2, 0.25) is 0 Å². The number of hydrogen-bond acceptors (Lipinski definition) is 5. The first-order chi connectivity index (χ1) is 14.1. The fourth-order valence-corrected chi connectivity index (χ4v) is 2.88. The average Bonchev–Trinajstić information content (AvgIpc) is 3.08. The molecule has 0 radical (unpaired) electrons. The van der Waals surface area contributed by atoms with Crippen LogP contribution in [0.2, 0.25) is 0 Å². The maximum atomic E-state index is 12.8. The lowest BCUT2D eigenvalue weighted by molar-refractivity contribution is 0.102. The van der Waals surface area contributed by atoms with E-state index in [9.17, 15) is 4.79 Å². The van der Waals surface area contributed by atoms with Crippen molar-refractivity contribution in [1.82, 2.24) is 19.7 Å². The lowest BCUT2D eigenvalue weighted by Crippen LogP contribution is -2.14. The Morgan fingerprint density at radius 3 is 2.34 bits per heavy atom. The summed E-state index contributed by atoms with van der Waals surface area (Å²) in [5, 5.41) is 7.17. The van der Waals surface area contributed by atoms with Gasteiger partial charge in [-0.25, -0.2) is 14.6 Å². The molecule has 4 aromatic rings. The molecule has 0 fully saturated rings. The SMILES string of the molecule is Cc1cc(C)n(-c2ncc(NC(=O)c3ccccc3Oc3ccccc3)cn2)n1. The third-order valence-electron chi connectivity index (χ3n) is 4.20. The van der Waals surface area contributed by atoms with Gasteiger partial charge in [0.1, 0.15) is 11.5 Å². The quantitative estimate of drug-likeness (QED) is 0.553. The summed E-state index contributed by atoms with van der Waals surface area (Å²) < 4.78 is 7.51. The third kappa shape index (κ3) is 4.14. The molecule has 1 amide bonds. The van der Waals surface area contributed by atoms with Crippen molar-refractivity contribution < 1.29 is 9.53 Å². The number of nitrogens with zero attached hydrogens (tertiary/aromatic N) is 4. The minimum absolute atomic E-state index is 0.306. The Morgan fingerprint density at radius 1 is 0.966 bits per heavy atom. The van der Waals surface area contributed by atoms with Crippen LogP contribution in [0.3, 0.4) is 0 Å². The van der Waals surface area contributed by atoms with Crippen LogP contribution in [0.25, 0.3) is 5.95 Å². The predicted molar refractivity (Wildman–Crippen MR) is 110 cm³/mol. The number of amides is 1. The molecule has 0 unspecified atom stereocenters. The summed E-state index contributed by atoms with van der Waals surface area (Å²) in [6.07, 6.45) is 3.11. The number of anilines is 1. The Bertz CT molecular complexity index is 1140. The van der Waals surface area contributed by atoms with Gasteiger partial charge in [0.15, 0.2) is 0 Å². The van der Waals surface area contributed by atoms with Gasteiger partial charge in [-0.3, -0.25) is 4.79 Å². The highest BCUT2D eigenvalue weighted by atomic mass is 16.5. The van der Waals surface area contributed by atoms with Crippen molar-refractivity contribution in [1.29, 1.82) is 0 Å². The van der Waals surface area contributed by atoms with E-state index < -0.39 is 0 Å². The molecule has 144 valence electrons. The number of carbonyl (C=O) groups excluding carboxylic acids is 1. The standard InChI is InChI=1S/C22H19N5O2/c1-15-12-16(2)27(26-15)22-23-13-17(14-24-22)25-21(28)19-10-6-7-11-20(19)29-18-8-4-3-5-9-18/h3-14H,1-2H3,(H,25,28). The molecule has 4 rings (SSSR count). The summed E-state index contributed by atoms with van der Waals surface area (Å²) in [5.41, 5.74) is 2.72. The second-order valence-electron chi connectivity index (χ2n) is 6.48. The molecule has 0 spiro atoms. The van der Waals surface area contributed by atoms with E-state index >= 15 is 0 Å². The van der Waals surface area contributed by atoms with E-state index in [2.05, 4.69) is 20.4 Å². The van der Waals surface area contributed by atoms with E-state index in [0.29, 0.717) is 28.7 Å². The lowest BCUT2D eigenvalue weighted by Gasteiger charge is -2.11. The normalized spacial score (nSPS) is 10.6. The molecule has 0 aliphatic rings. The number of aromatic nitrogens is 4. The summed E-state index contributed by atoms with van der Waals surface area (Å²) in [7, 11) is 0. The van der Waals surface area contributed by atoms with Crippen LogP contribution in [0.5, 0.6) is 11.5 Å². The van der Waals surface area contributed by atoms with E-state index in [-0.39, 0.29) is 5.91 Å². The Kier molecular flexibility index (Phi) is 5.03. The number of hydrogen-bond donors (Lipinski definition) is 1. The number of para-hydroxylation sites is 2. The smallest absolute Gasteiger partial charge is 0.259 e. The lowest BCUT2D eigenvalue weighted by atomic mass is 10.2. The van der Waals surface area contributed by atoms with Crippen molar-refractivity contribution in [3.8, 4) is 17.4 Å². The van der Waals surface area contributed by atoms with Gasteiger partial charge in [-0.15, -0.1) is 0 Å². The first-order valence-corrected chi connectivity index (χ1v) is 9.09. The van der Waals surface area contributed by atoms with E-state index in [0.717, 1.165) is 11.4 Å². The van der Waals surface area contributed by atoms with Gasteiger partial charge >= 0.3 is 0 Å². The Morgan fingerprint density at radius 2 is 1.66 bits per heavy atom. The van der Waals surface area contributed by atoms with Gasteiger partial charge < -0.3 is 10.1 Å². The Balaban J connectivity index is 1.52. The van der Waals surface area contributed by atoms with E-state index in [1.165, 1.54) is 0 Å². The molecule has 2 heterocycles. The van der Waals surface area contributed by atoms with Crippen molar-refractivity contribution in [2.45, 2.75) is 13.8 Å². The largest absolute Gasteiger partial charge is 0.457 e. The zero-order chi connectivity index (χ0) is 20.2. The summed E-state index contributed by atoms with van der Waals surface area (Å²) in [5.74, 6) is 1.27. The van der Waals surface area contributed by atoms with Crippen LogP contribution in [0.1, 0.15) is 21.7 Å². The predicted octanol–water partition coefficient (Wildman–Crippen LogP) is 4.32. The fourth-order valence-electron chi connectivity index (χ4n) is 2.88. The number of carbonyl (C=O) groups is 1. The van der Waals surface area contributed by atoms with Crippen LogP contribution in [-0.2, 0) is 0 Å². The first-order valence-electron chi connectivity index (χ1n) is 9.09. The average molecular weight is 385 g/mol. The molecule has 7 nitrogen and oxygen atoms in total. The van der Waals surface area contributed by atoms with Gasteiger partial charge in [-0.2, -0.15) is 5.10 Å². The molecule has 1 N–H and O–H groups in total. The molecule has 0 aliphatic carbocycles. The third-order valence-corrected chi connectivity index (χ3v) is 4.20. The number of rotatable bonds is 5. The van der Waals surface area contributed by atoms with Crippen molar-refractivity contribution in [2.24, 2.45) is 0 Å². The van der Waals surface area contributed by atoms with Crippen LogP contribution in [-0.4, -0.2) is 25.7 Å². The highest BCUT2D eigenvalue weighted by Crippen LogP contribution is 2.25. The van der Waals surface area contributed by atoms with E-state index in [1.807, 2.05) is 56.3 Å². The topological polar surface area (TPSA) is 81.9 Å². The summed E-state index contributed by atoms with van der Waals surface area (Å²) in [6, 6.07) is 18.3. The molecule has 0 aliphatic heterocycles. The number of benzene rings is 2. The Labute approximate surface area is 168 Å². The molecule has 0 bridgehead atoms. The van der Waals surface area contributed by atoms with Gasteiger partial charge in [0.05, 0.1) is 29.3 Å². The monoisotopic (exact) mass is 385 g/mol. The molecule has 0 saturated carbocycles. The number of ether oxygens (including phenoxy) is 1. The van der Waals surface area contributed by atoms with Crippen LogP contribution >= 0.6 is 0 Å².